The molecule has 0 spiro atoms. The zero-order valence-electron chi connectivity index (χ0n) is 13.3. The first-order valence-electron chi connectivity index (χ1n) is 7.40. The maximum absolute atomic E-state index is 13.0. The van der Waals surface area contributed by atoms with Crippen molar-refractivity contribution in [3.8, 4) is 0 Å². The van der Waals surface area contributed by atoms with E-state index in [1.54, 1.807) is 12.1 Å². The van der Waals surface area contributed by atoms with Crippen molar-refractivity contribution in [3.63, 3.8) is 0 Å². The number of benzene rings is 2. The third-order valence-electron chi connectivity index (χ3n) is 3.15. The standard InChI is InChI=1S/C17H14ClF2N3O3/c18-11-3-1-2-10(6-11)17(26)22-8-15(24)21-9-16(25)23-12-4-5-13(19)14(20)7-12/h1-7H,8-9H2,(H,21,24)(H,22,26)(H,23,25). The highest BCUT2D eigenvalue weighted by atomic mass is 35.5. The first kappa shape index (κ1) is 19.3. The fraction of sp³-hybridized carbons (Fsp3) is 0.118. The lowest BCUT2D eigenvalue weighted by Gasteiger charge is -2.08. The number of anilines is 1. The molecule has 0 fully saturated rings. The molecule has 0 heterocycles. The largest absolute Gasteiger partial charge is 0.345 e. The van der Waals surface area contributed by atoms with Crippen LogP contribution < -0.4 is 16.0 Å². The summed E-state index contributed by atoms with van der Waals surface area (Å²) in [6.45, 7) is -0.741. The fourth-order valence-corrected chi connectivity index (χ4v) is 2.10. The van der Waals surface area contributed by atoms with Crippen LogP contribution in [0.3, 0.4) is 0 Å². The molecule has 0 aliphatic heterocycles. The topological polar surface area (TPSA) is 87.3 Å². The zero-order valence-corrected chi connectivity index (χ0v) is 14.1. The van der Waals surface area contributed by atoms with Gasteiger partial charge in [-0.3, -0.25) is 14.4 Å². The van der Waals surface area contributed by atoms with Gasteiger partial charge in [-0.25, -0.2) is 8.78 Å². The molecule has 3 N–H and O–H groups in total. The predicted molar refractivity (Wildman–Crippen MR) is 91.8 cm³/mol. The van der Waals surface area contributed by atoms with Gasteiger partial charge in [-0.05, 0) is 30.3 Å². The Morgan fingerprint density at radius 3 is 2.31 bits per heavy atom. The molecule has 9 heteroatoms. The number of rotatable bonds is 6. The Balaban J connectivity index is 1.74. The maximum Gasteiger partial charge on any atom is 0.251 e. The van der Waals surface area contributed by atoms with Crippen LogP contribution >= 0.6 is 11.6 Å². The number of nitrogens with one attached hydrogen (secondary N) is 3. The summed E-state index contributed by atoms with van der Waals surface area (Å²) in [5.41, 5.74) is 0.346. The molecule has 0 saturated heterocycles. The molecule has 0 atom stereocenters. The number of carbonyl (C=O) groups excluding carboxylic acids is 3. The smallest absolute Gasteiger partial charge is 0.251 e. The van der Waals surface area contributed by atoms with Crippen LogP contribution in [0.5, 0.6) is 0 Å². The normalized spacial score (nSPS) is 10.1. The van der Waals surface area contributed by atoms with Crippen molar-refractivity contribution >= 4 is 35.0 Å². The van der Waals surface area contributed by atoms with Crippen LogP contribution in [0.2, 0.25) is 5.02 Å². The number of hydrogen-bond donors (Lipinski definition) is 3. The first-order chi connectivity index (χ1) is 12.3. The quantitative estimate of drug-likeness (QED) is 0.716. The van der Waals surface area contributed by atoms with Crippen molar-refractivity contribution in [1.82, 2.24) is 10.6 Å². The molecule has 2 rings (SSSR count). The predicted octanol–water partition coefficient (Wildman–Crippen LogP) is 2.10. The number of carbonyl (C=O) groups is 3. The van der Waals surface area contributed by atoms with E-state index in [2.05, 4.69) is 16.0 Å². The van der Waals surface area contributed by atoms with E-state index in [4.69, 9.17) is 11.6 Å². The van der Waals surface area contributed by atoms with Crippen LogP contribution in [-0.4, -0.2) is 30.8 Å². The number of hydrogen-bond acceptors (Lipinski definition) is 3. The molecule has 136 valence electrons. The molecule has 0 aromatic heterocycles. The van der Waals surface area contributed by atoms with Crippen LogP contribution in [-0.2, 0) is 9.59 Å². The van der Waals surface area contributed by atoms with Crippen LogP contribution in [0.25, 0.3) is 0 Å². The Morgan fingerprint density at radius 2 is 1.62 bits per heavy atom. The third kappa shape index (κ3) is 5.82. The van der Waals surface area contributed by atoms with E-state index in [-0.39, 0.29) is 12.2 Å². The van der Waals surface area contributed by atoms with Crippen molar-refractivity contribution < 1.29 is 23.2 Å². The van der Waals surface area contributed by atoms with Crippen LogP contribution in [0.1, 0.15) is 10.4 Å². The first-order valence-corrected chi connectivity index (χ1v) is 7.78. The summed E-state index contributed by atoms with van der Waals surface area (Å²) in [5, 5.41) is 7.35. The lowest BCUT2D eigenvalue weighted by atomic mass is 10.2. The van der Waals surface area contributed by atoms with Crippen molar-refractivity contribution in [2.75, 3.05) is 18.4 Å². The molecule has 3 amide bonds. The lowest BCUT2D eigenvalue weighted by molar-refractivity contribution is -0.123. The van der Waals surface area contributed by atoms with E-state index >= 15 is 0 Å². The fourth-order valence-electron chi connectivity index (χ4n) is 1.91. The van der Waals surface area contributed by atoms with Crippen molar-refractivity contribution in [3.05, 3.63) is 64.7 Å². The summed E-state index contributed by atoms with van der Waals surface area (Å²) in [7, 11) is 0. The Bertz CT molecular complexity index is 846. The van der Waals surface area contributed by atoms with Crippen LogP contribution in [0, 0.1) is 11.6 Å². The Kier molecular flexibility index (Phi) is 6.62. The van der Waals surface area contributed by atoms with E-state index in [9.17, 15) is 23.2 Å². The van der Waals surface area contributed by atoms with Crippen molar-refractivity contribution in [2.45, 2.75) is 0 Å². The third-order valence-corrected chi connectivity index (χ3v) is 3.38. The molecule has 0 aliphatic carbocycles. The van der Waals surface area contributed by atoms with E-state index in [1.165, 1.54) is 18.2 Å². The zero-order chi connectivity index (χ0) is 19.1. The van der Waals surface area contributed by atoms with E-state index in [0.29, 0.717) is 10.6 Å². The summed E-state index contributed by atoms with van der Waals surface area (Å²) in [6.07, 6.45) is 0. The highest BCUT2D eigenvalue weighted by Crippen LogP contribution is 2.12. The van der Waals surface area contributed by atoms with Gasteiger partial charge in [0.25, 0.3) is 5.91 Å². The minimum atomic E-state index is -1.10. The van der Waals surface area contributed by atoms with E-state index < -0.39 is 35.9 Å². The Hall–Kier alpha value is -3.00. The maximum atomic E-state index is 13.0. The van der Waals surface area contributed by atoms with Gasteiger partial charge < -0.3 is 16.0 Å². The molecule has 2 aromatic carbocycles. The van der Waals surface area contributed by atoms with E-state index in [1.807, 2.05) is 0 Å². The SMILES string of the molecule is O=C(CNC(=O)c1cccc(Cl)c1)NCC(=O)Nc1ccc(F)c(F)c1. The molecule has 0 aliphatic rings. The van der Waals surface area contributed by atoms with Crippen molar-refractivity contribution in [2.24, 2.45) is 0 Å². The Morgan fingerprint density at radius 1 is 0.885 bits per heavy atom. The van der Waals surface area contributed by atoms with Crippen LogP contribution in [0.4, 0.5) is 14.5 Å². The van der Waals surface area contributed by atoms with Gasteiger partial charge in [0, 0.05) is 22.3 Å². The average Bonchev–Trinajstić information content (AvgIpc) is 2.61. The molecule has 0 bridgehead atoms. The summed E-state index contributed by atoms with van der Waals surface area (Å²) in [5.74, 6) is -3.86. The van der Waals surface area contributed by atoms with Gasteiger partial charge in [0.1, 0.15) is 0 Å². The molecular weight excluding hydrogens is 368 g/mol. The summed E-state index contributed by atoms with van der Waals surface area (Å²) < 4.78 is 25.8. The van der Waals surface area contributed by atoms with Gasteiger partial charge in [0.05, 0.1) is 13.1 Å². The second kappa shape index (κ2) is 8.91. The van der Waals surface area contributed by atoms with Gasteiger partial charge in [0.15, 0.2) is 11.6 Å². The van der Waals surface area contributed by atoms with Crippen LogP contribution in [0.15, 0.2) is 42.5 Å². The summed E-state index contributed by atoms with van der Waals surface area (Å²) in [6, 6.07) is 9.06. The van der Waals surface area contributed by atoms with Crippen molar-refractivity contribution in [1.29, 1.82) is 0 Å². The minimum absolute atomic E-state index is 0.0532. The molecular formula is C17H14ClF2N3O3. The highest BCUT2D eigenvalue weighted by Gasteiger charge is 2.10. The van der Waals surface area contributed by atoms with Gasteiger partial charge >= 0.3 is 0 Å². The second-order valence-electron chi connectivity index (χ2n) is 5.15. The molecule has 2 aromatic rings. The van der Waals surface area contributed by atoms with Gasteiger partial charge in [-0.15, -0.1) is 0 Å². The molecule has 26 heavy (non-hydrogen) atoms. The summed E-state index contributed by atoms with van der Waals surface area (Å²) >= 11 is 5.77. The average molecular weight is 382 g/mol. The molecule has 0 saturated carbocycles. The number of amides is 3. The lowest BCUT2D eigenvalue weighted by Crippen LogP contribution is -2.40. The highest BCUT2D eigenvalue weighted by molar-refractivity contribution is 6.31. The van der Waals surface area contributed by atoms with Gasteiger partial charge in [-0.2, -0.15) is 0 Å². The minimum Gasteiger partial charge on any atom is -0.345 e. The number of halogens is 3. The monoisotopic (exact) mass is 381 g/mol. The van der Waals surface area contributed by atoms with Gasteiger partial charge in [0.2, 0.25) is 11.8 Å². The Labute approximate surface area is 152 Å². The van der Waals surface area contributed by atoms with Gasteiger partial charge in [-0.1, -0.05) is 17.7 Å². The molecule has 0 unspecified atom stereocenters. The molecule has 6 nitrogen and oxygen atoms in total. The second-order valence-corrected chi connectivity index (χ2v) is 5.58. The summed E-state index contributed by atoms with van der Waals surface area (Å²) in [4.78, 5) is 35.2. The van der Waals surface area contributed by atoms with E-state index in [0.717, 1.165) is 12.1 Å². The molecule has 0 radical (unpaired) electrons.